The molecule has 0 heterocycles. The highest BCUT2D eigenvalue weighted by atomic mass is 79.9. The summed E-state index contributed by atoms with van der Waals surface area (Å²) in [5.74, 6) is 1.32. The molecule has 0 bridgehead atoms. The van der Waals surface area contributed by atoms with Crippen molar-refractivity contribution in [2.45, 2.75) is 32.3 Å². The van der Waals surface area contributed by atoms with Crippen molar-refractivity contribution in [1.82, 2.24) is 0 Å². The van der Waals surface area contributed by atoms with Crippen molar-refractivity contribution in [3.63, 3.8) is 0 Å². The fraction of sp³-hybridized carbons (Fsp3) is 0.600. The lowest BCUT2D eigenvalue weighted by Gasteiger charge is -2.30. The second-order valence-corrected chi connectivity index (χ2v) is 6.00. The first-order chi connectivity index (χ1) is 8.81. The summed E-state index contributed by atoms with van der Waals surface area (Å²) in [4.78, 5) is 0. The molecule has 3 heteroatoms. The van der Waals surface area contributed by atoms with E-state index < -0.39 is 0 Å². The third-order valence-corrected chi connectivity index (χ3v) is 4.69. The molecule has 2 atom stereocenters. The van der Waals surface area contributed by atoms with Crippen molar-refractivity contribution < 1.29 is 4.74 Å². The fourth-order valence-electron chi connectivity index (χ4n) is 2.75. The summed E-state index contributed by atoms with van der Waals surface area (Å²) in [7, 11) is 0. The zero-order chi connectivity index (χ0) is 12.8. The molecule has 0 radical (unpaired) electrons. The minimum absolute atomic E-state index is 0.659. The Kier molecular flexibility index (Phi) is 5.67. The summed E-state index contributed by atoms with van der Waals surface area (Å²) in [5.41, 5.74) is 7.06. The molecule has 1 saturated carbocycles. The van der Waals surface area contributed by atoms with Gasteiger partial charge in [-0.1, -0.05) is 47.0 Å². The zero-order valence-corrected chi connectivity index (χ0v) is 12.4. The summed E-state index contributed by atoms with van der Waals surface area (Å²) in [6.45, 7) is 2.35. The van der Waals surface area contributed by atoms with Crippen LogP contribution in [0.15, 0.2) is 28.7 Å². The number of rotatable bonds is 5. The molecular weight excluding hydrogens is 290 g/mol. The number of hydrogen-bond acceptors (Lipinski definition) is 2. The number of nitrogens with two attached hydrogens (primary N) is 1. The monoisotopic (exact) mass is 311 g/mol. The van der Waals surface area contributed by atoms with Gasteiger partial charge in [-0.15, -0.1) is 0 Å². The molecule has 1 aliphatic rings. The van der Waals surface area contributed by atoms with Gasteiger partial charge in [-0.25, -0.2) is 0 Å². The van der Waals surface area contributed by atoms with Gasteiger partial charge < -0.3 is 10.5 Å². The Balaban J connectivity index is 1.79. The normalized spacial score (nSPS) is 24.1. The summed E-state index contributed by atoms with van der Waals surface area (Å²) >= 11 is 3.55. The van der Waals surface area contributed by atoms with Crippen molar-refractivity contribution in [1.29, 1.82) is 0 Å². The van der Waals surface area contributed by atoms with Gasteiger partial charge in [-0.05, 0) is 42.9 Å². The maximum Gasteiger partial charge on any atom is 0.0727 e. The molecule has 0 amide bonds. The maximum absolute atomic E-state index is 5.89. The zero-order valence-electron chi connectivity index (χ0n) is 10.8. The molecular formula is C15H22BrNO. The van der Waals surface area contributed by atoms with Gasteiger partial charge in [0.25, 0.3) is 0 Å². The second-order valence-electron chi connectivity index (χ2n) is 5.15. The smallest absolute Gasteiger partial charge is 0.0727 e. The Bertz CT molecular complexity index is 369. The molecule has 1 aromatic rings. The van der Waals surface area contributed by atoms with E-state index in [2.05, 4.69) is 28.1 Å². The molecule has 2 nitrogen and oxygen atoms in total. The SMILES string of the molecule is NCC1CCCCC1COCc1ccccc1Br. The highest BCUT2D eigenvalue weighted by Crippen LogP contribution is 2.29. The highest BCUT2D eigenvalue weighted by molar-refractivity contribution is 9.10. The molecule has 0 aromatic heterocycles. The number of halogens is 1. The predicted molar refractivity (Wildman–Crippen MR) is 78.3 cm³/mol. The first kappa shape index (κ1) is 14.0. The minimum atomic E-state index is 0.659. The van der Waals surface area contributed by atoms with Gasteiger partial charge in [0.2, 0.25) is 0 Å². The Labute approximate surface area is 118 Å². The summed E-state index contributed by atoms with van der Waals surface area (Å²) in [6, 6.07) is 8.24. The van der Waals surface area contributed by atoms with Gasteiger partial charge >= 0.3 is 0 Å². The van der Waals surface area contributed by atoms with Crippen molar-refractivity contribution in [2.24, 2.45) is 17.6 Å². The molecule has 0 spiro atoms. The Hall–Kier alpha value is -0.380. The Morgan fingerprint density at radius 1 is 1.17 bits per heavy atom. The molecule has 1 aromatic carbocycles. The van der Waals surface area contributed by atoms with Crippen molar-refractivity contribution in [2.75, 3.05) is 13.2 Å². The van der Waals surface area contributed by atoms with Crippen LogP contribution < -0.4 is 5.73 Å². The third kappa shape index (κ3) is 3.81. The average Bonchev–Trinajstić information content (AvgIpc) is 2.41. The maximum atomic E-state index is 5.89. The van der Waals surface area contributed by atoms with Gasteiger partial charge in [0, 0.05) is 4.47 Å². The fourth-order valence-corrected chi connectivity index (χ4v) is 3.15. The summed E-state index contributed by atoms with van der Waals surface area (Å²) in [6.07, 6.45) is 5.22. The molecule has 0 aliphatic heterocycles. The van der Waals surface area contributed by atoms with E-state index in [9.17, 15) is 0 Å². The van der Waals surface area contributed by atoms with Gasteiger partial charge in [0.05, 0.1) is 13.2 Å². The molecule has 2 N–H and O–H groups in total. The lowest BCUT2D eigenvalue weighted by Crippen LogP contribution is -2.29. The topological polar surface area (TPSA) is 35.2 Å². The van der Waals surface area contributed by atoms with Crippen molar-refractivity contribution in [3.05, 3.63) is 34.3 Å². The van der Waals surface area contributed by atoms with Crippen LogP contribution in [0.1, 0.15) is 31.2 Å². The first-order valence-corrected chi connectivity index (χ1v) is 7.61. The van der Waals surface area contributed by atoms with Crippen LogP contribution in [0.4, 0.5) is 0 Å². The van der Waals surface area contributed by atoms with Crippen LogP contribution in [-0.4, -0.2) is 13.2 Å². The van der Waals surface area contributed by atoms with E-state index in [-0.39, 0.29) is 0 Å². The largest absolute Gasteiger partial charge is 0.376 e. The van der Waals surface area contributed by atoms with E-state index in [4.69, 9.17) is 10.5 Å². The van der Waals surface area contributed by atoms with Gasteiger partial charge in [0.15, 0.2) is 0 Å². The summed E-state index contributed by atoms with van der Waals surface area (Å²) in [5, 5.41) is 0. The molecule has 100 valence electrons. The standard InChI is InChI=1S/C15H22BrNO/c16-15-8-4-3-7-14(15)11-18-10-13-6-2-1-5-12(13)9-17/h3-4,7-8,12-13H,1-2,5-6,9-11,17H2. The van der Waals surface area contributed by atoms with Crippen LogP contribution in [-0.2, 0) is 11.3 Å². The number of hydrogen-bond donors (Lipinski definition) is 1. The molecule has 2 unspecified atom stereocenters. The van der Waals surface area contributed by atoms with E-state index in [0.29, 0.717) is 18.4 Å². The second kappa shape index (κ2) is 7.27. The van der Waals surface area contributed by atoms with Crippen LogP contribution in [0.5, 0.6) is 0 Å². The Morgan fingerprint density at radius 2 is 1.89 bits per heavy atom. The quantitative estimate of drug-likeness (QED) is 0.899. The van der Waals surface area contributed by atoms with E-state index in [0.717, 1.165) is 17.6 Å². The van der Waals surface area contributed by atoms with Crippen LogP contribution in [0, 0.1) is 11.8 Å². The molecule has 18 heavy (non-hydrogen) atoms. The molecule has 1 fully saturated rings. The van der Waals surface area contributed by atoms with E-state index in [1.807, 2.05) is 12.1 Å². The molecule has 2 rings (SSSR count). The average molecular weight is 312 g/mol. The lowest BCUT2D eigenvalue weighted by atomic mass is 9.80. The molecule has 0 saturated heterocycles. The van der Waals surface area contributed by atoms with Gasteiger partial charge in [0.1, 0.15) is 0 Å². The van der Waals surface area contributed by atoms with E-state index in [1.165, 1.54) is 31.2 Å². The summed E-state index contributed by atoms with van der Waals surface area (Å²) < 4.78 is 7.02. The van der Waals surface area contributed by atoms with Crippen molar-refractivity contribution in [3.8, 4) is 0 Å². The van der Waals surface area contributed by atoms with E-state index in [1.54, 1.807) is 0 Å². The van der Waals surface area contributed by atoms with Crippen LogP contribution in [0.3, 0.4) is 0 Å². The van der Waals surface area contributed by atoms with E-state index >= 15 is 0 Å². The first-order valence-electron chi connectivity index (χ1n) is 6.82. The predicted octanol–water partition coefficient (Wildman–Crippen LogP) is 3.73. The van der Waals surface area contributed by atoms with Crippen LogP contribution in [0.25, 0.3) is 0 Å². The Morgan fingerprint density at radius 3 is 2.61 bits per heavy atom. The van der Waals surface area contributed by atoms with Crippen molar-refractivity contribution >= 4 is 15.9 Å². The minimum Gasteiger partial charge on any atom is -0.376 e. The third-order valence-electron chi connectivity index (χ3n) is 3.92. The lowest BCUT2D eigenvalue weighted by molar-refractivity contribution is 0.0510. The van der Waals surface area contributed by atoms with Crippen LogP contribution >= 0.6 is 15.9 Å². The van der Waals surface area contributed by atoms with Gasteiger partial charge in [-0.2, -0.15) is 0 Å². The number of ether oxygens (including phenoxy) is 1. The highest BCUT2D eigenvalue weighted by Gasteiger charge is 2.23. The molecule has 1 aliphatic carbocycles. The number of benzene rings is 1. The van der Waals surface area contributed by atoms with Crippen LogP contribution in [0.2, 0.25) is 0 Å². The van der Waals surface area contributed by atoms with Gasteiger partial charge in [-0.3, -0.25) is 0 Å².